The van der Waals surface area contributed by atoms with Crippen LogP contribution in [0.5, 0.6) is 0 Å². The average molecular weight is 279 g/mol. The van der Waals surface area contributed by atoms with Gasteiger partial charge in [-0.05, 0) is 38.8 Å². The molecule has 3 saturated heterocycles. The molecule has 1 spiro atoms. The Hall–Kier alpha value is -0.120. The van der Waals surface area contributed by atoms with Gasteiger partial charge >= 0.3 is 0 Å². The van der Waals surface area contributed by atoms with Crippen LogP contribution >= 0.6 is 0 Å². The molecule has 0 aromatic heterocycles. The van der Waals surface area contributed by atoms with Gasteiger partial charge in [0.2, 0.25) is 0 Å². The predicted octanol–water partition coefficient (Wildman–Crippen LogP) is 2.13. The summed E-state index contributed by atoms with van der Waals surface area (Å²) in [6.45, 7) is 18.8. The third-order valence-electron chi connectivity index (χ3n) is 6.01. The highest BCUT2D eigenvalue weighted by Gasteiger charge is 2.53. The van der Waals surface area contributed by atoms with Crippen molar-refractivity contribution < 1.29 is 0 Å². The maximum Gasteiger partial charge on any atom is 0.0212 e. The lowest BCUT2D eigenvalue weighted by Gasteiger charge is -2.63. The maximum atomic E-state index is 2.80. The van der Waals surface area contributed by atoms with Gasteiger partial charge in [-0.25, -0.2) is 0 Å². The predicted molar refractivity (Wildman–Crippen MR) is 85.0 cm³/mol. The van der Waals surface area contributed by atoms with Crippen molar-refractivity contribution in [2.45, 2.75) is 52.6 Å². The molecule has 3 aliphatic rings. The topological polar surface area (TPSA) is 9.72 Å². The molecule has 1 unspecified atom stereocenters. The van der Waals surface area contributed by atoms with E-state index in [9.17, 15) is 0 Å². The zero-order chi connectivity index (χ0) is 14.3. The van der Waals surface area contributed by atoms with Gasteiger partial charge in [0.05, 0.1) is 0 Å². The van der Waals surface area contributed by atoms with Gasteiger partial charge in [0, 0.05) is 50.2 Å². The number of nitrogens with zero attached hydrogens (tertiary/aromatic N) is 3. The van der Waals surface area contributed by atoms with Crippen LogP contribution in [0.15, 0.2) is 0 Å². The highest BCUT2D eigenvalue weighted by molar-refractivity contribution is 5.08. The van der Waals surface area contributed by atoms with Gasteiger partial charge in [-0.2, -0.15) is 0 Å². The van der Waals surface area contributed by atoms with E-state index in [1.165, 1.54) is 58.7 Å². The summed E-state index contributed by atoms with van der Waals surface area (Å²) < 4.78 is 0. The van der Waals surface area contributed by atoms with Crippen LogP contribution in [-0.2, 0) is 0 Å². The summed E-state index contributed by atoms with van der Waals surface area (Å²) in [5.41, 5.74) is 0.694. The van der Waals surface area contributed by atoms with Crippen molar-refractivity contribution in [3.63, 3.8) is 0 Å². The highest BCUT2D eigenvalue weighted by Crippen LogP contribution is 2.43. The SMILES string of the molecule is CCCN1C[C@@H](C)C(N2CC3(CN(CC)C3)C2)C[C@H]1C. The lowest BCUT2D eigenvalue weighted by molar-refractivity contribution is -0.145. The Kier molecular flexibility index (Phi) is 4.13. The summed E-state index contributed by atoms with van der Waals surface area (Å²) in [6.07, 6.45) is 2.68. The van der Waals surface area contributed by atoms with Crippen LogP contribution < -0.4 is 0 Å². The zero-order valence-corrected chi connectivity index (χ0v) is 13.9. The molecule has 3 fully saturated rings. The summed E-state index contributed by atoms with van der Waals surface area (Å²) in [7, 11) is 0. The molecule has 0 aromatic carbocycles. The average Bonchev–Trinajstić information content (AvgIpc) is 2.32. The van der Waals surface area contributed by atoms with Crippen molar-refractivity contribution in [1.82, 2.24) is 14.7 Å². The molecule has 20 heavy (non-hydrogen) atoms. The molecule has 3 heteroatoms. The van der Waals surface area contributed by atoms with Crippen LogP contribution in [0.25, 0.3) is 0 Å². The van der Waals surface area contributed by atoms with Gasteiger partial charge in [-0.3, -0.25) is 4.90 Å². The molecule has 3 nitrogen and oxygen atoms in total. The Morgan fingerprint density at radius 2 is 1.75 bits per heavy atom. The van der Waals surface area contributed by atoms with Gasteiger partial charge in [0.1, 0.15) is 0 Å². The third-order valence-corrected chi connectivity index (χ3v) is 6.01. The summed E-state index contributed by atoms with van der Waals surface area (Å²) in [4.78, 5) is 8.10. The van der Waals surface area contributed by atoms with Crippen molar-refractivity contribution in [2.75, 3.05) is 45.8 Å². The second-order valence-electron chi connectivity index (χ2n) is 7.83. The largest absolute Gasteiger partial charge is 0.302 e. The van der Waals surface area contributed by atoms with E-state index < -0.39 is 0 Å². The lowest BCUT2D eigenvalue weighted by Crippen LogP contribution is -2.74. The van der Waals surface area contributed by atoms with Crippen LogP contribution in [0, 0.1) is 11.3 Å². The molecule has 3 heterocycles. The van der Waals surface area contributed by atoms with E-state index in [-0.39, 0.29) is 0 Å². The fourth-order valence-corrected chi connectivity index (χ4v) is 4.89. The van der Waals surface area contributed by atoms with Crippen molar-refractivity contribution in [3.05, 3.63) is 0 Å². The fourth-order valence-electron chi connectivity index (χ4n) is 4.89. The first-order chi connectivity index (χ1) is 9.57. The fraction of sp³-hybridized carbons (Fsp3) is 1.00. The number of rotatable bonds is 4. The van der Waals surface area contributed by atoms with E-state index in [0.29, 0.717) is 5.41 Å². The quantitative estimate of drug-likeness (QED) is 0.780. The minimum atomic E-state index is 0.694. The summed E-state index contributed by atoms with van der Waals surface area (Å²) in [5, 5.41) is 0. The molecule has 0 aromatic rings. The first-order valence-electron chi connectivity index (χ1n) is 8.77. The number of hydrogen-bond donors (Lipinski definition) is 0. The minimum absolute atomic E-state index is 0.694. The Morgan fingerprint density at radius 3 is 2.35 bits per heavy atom. The number of hydrogen-bond acceptors (Lipinski definition) is 3. The Labute approximate surface area is 125 Å². The number of piperidine rings is 1. The molecule has 0 aliphatic carbocycles. The summed E-state index contributed by atoms with van der Waals surface area (Å²) in [5.74, 6) is 0.845. The molecule has 0 radical (unpaired) electrons. The lowest BCUT2D eigenvalue weighted by atomic mass is 9.70. The van der Waals surface area contributed by atoms with E-state index in [4.69, 9.17) is 0 Å². The monoisotopic (exact) mass is 279 g/mol. The number of likely N-dealkylation sites (tertiary alicyclic amines) is 3. The maximum absolute atomic E-state index is 2.80. The molecule has 0 amide bonds. The molecule has 3 aliphatic heterocycles. The first-order valence-corrected chi connectivity index (χ1v) is 8.77. The molecule has 116 valence electrons. The van der Waals surface area contributed by atoms with Crippen molar-refractivity contribution >= 4 is 0 Å². The van der Waals surface area contributed by atoms with E-state index >= 15 is 0 Å². The van der Waals surface area contributed by atoms with Gasteiger partial charge in [0.25, 0.3) is 0 Å². The van der Waals surface area contributed by atoms with Crippen molar-refractivity contribution in [3.8, 4) is 0 Å². The Morgan fingerprint density at radius 1 is 1.05 bits per heavy atom. The summed E-state index contributed by atoms with van der Waals surface area (Å²) in [6, 6.07) is 1.63. The van der Waals surface area contributed by atoms with Gasteiger partial charge in [-0.1, -0.05) is 20.8 Å². The molecular weight excluding hydrogens is 246 g/mol. The zero-order valence-electron chi connectivity index (χ0n) is 13.9. The van der Waals surface area contributed by atoms with Crippen LogP contribution in [0.1, 0.15) is 40.5 Å². The second-order valence-corrected chi connectivity index (χ2v) is 7.83. The summed E-state index contributed by atoms with van der Waals surface area (Å²) >= 11 is 0. The standard InChI is InChI=1S/C17H33N3/c1-5-7-19-9-14(3)16(8-15(19)4)20-12-17(13-20)10-18(6-2)11-17/h14-16H,5-13H2,1-4H3/t14-,15-,16?/m1/s1. The van der Waals surface area contributed by atoms with Crippen LogP contribution in [0.3, 0.4) is 0 Å². The Bertz CT molecular complexity index is 329. The first kappa shape index (κ1) is 14.8. The molecule has 0 saturated carbocycles. The molecule has 0 bridgehead atoms. The molecule has 3 atom stereocenters. The van der Waals surface area contributed by atoms with E-state index in [1.807, 2.05) is 0 Å². The van der Waals surface area contributed by atoms with Gasteiger partial charge in [-0.15, -0.1) is 0 Å². The molecular formula is C17H33N3. The van der Waals surface area contributed by atoms with Crippen LogP contribution in [0.4, 0.5) is 0 Å². The van der Waals surface area contributed by atoms with Crippen molar-refractivity contribution in [1.29, 1.82) is 0 Å². The molecule has 0 N–H and O–H groups in total. The molecule has 3 rings (SSSR count). The van der Waals surface area contributed by atoms with E-state index in [0.717, 1.165) is 18.0 Å². The van der Waals surface area contributed by atoms with Crippen LogP contribution in [0.2, 0.25) is 0 Å². The van der Waals surface area contributed by atoms with Crippen LogP contribution in [-0.4, -0.2) is 72.6 Å². The van der Waals surface area contributed by atoms with Gasteiger partial charge in [0.15, 0.2) is 0 Å². The third kappa shape index (κ3) is 2.53. The second kappa shape index (κ2) is 5.58. The van der Waals surface area contributed by atoms with Gasteiger partial charge < -0.3 is 9.80 Å². The van der Waals surface area contributed by atoms with E-state index in [2.05, 4.69) is 42.4 Å². The van der Waals surface area contributed by atoms with E-state index in [1.54, 1.807) is 0 Å². The highest BCUT2D eigenvalue weighted by atomic mass is 15.3. The van der Waals surface area contributed by atoms with Crippen molar-refractivity contribution in [2.24, 2.45) is 11.3 Å². The minimum Gasteiger partial charge on any atom is -0.302 e. The Balaban J connectivity index is 1.50. The smallest absolute Gasteiger partial charge is 0.0212 e. The normalized spacial score (nSPS) is 38.7.